The number of aliphatic hydroxyl groups is 1. The highest BCUT2D eigenvalue weighted by Gasteiger charge is 2.26. The minimum Gasteiger partial charge on any atom is -0.391 e. The zero-order valence-corrected chi connectivity index (χ0v) is 16.4. The molecule has 2 N–H and O–H groups in total. The smallest absolute Gasteiger partial charge is 0.282 e. The molecule has 0 unspecified atom stereocenters. The lowest BCUT2D eigenvalue weighted by molar-refractivity contribution is 0.141. The molecule has 0 aromatic carbocycles. The summed E-state index contributed by atoms with van der Waals surface area (Å²) in [4.78, 5) is 4.10. The van der Waals surface area contributed by atoms with Gasteiger partial charge in [0.1, 0.15) is 11.5 Å². The summed E-state index contributed by atoms with van der Waals surface area (Å²) in [5, 5.41) is 16.8. The SMILES string of the molecule is CS(=O)(=O)c1ccc(-n2nc(C(F)F)c(CO)c2NCC2CCCCC2)nc1. The third-order valence-corrected chi connectivity index (χ3v) is 6.13. The number of halogens is 2. The number of aromatic nitrogens is 3. The Morgan fingerprint density at radius 2 is 2.00 bits per heavy atom. The Balaban J connectivity index is 1.96. The third kappa shape index (κ3) is 4.49. The van der Waals surface area contributed by atoms with Crippen molar-refractivity contribution in [1.82, 2.24) is 14.8 Å². The predicted octanol–water partition coefficient (Wildman–Crippen LogP) is 3.09. The highest BCUT2D eigenvalue weighted by Crippen LogP contribution is 2.31. The summed E-state index contributed by atoms with van der Waals surface area (Å²) >= 11 is 0. The fraction of sp³-hybridized carbons (Fsp3) is 0.556. The van der Waals surface area contributed by atoms with E-state index in [1.54, 1.807) is 0 Å². The lowest BCUT2D eigenvalue weighted by Crippen LogP contribution is -2.19. The maximum atomic E-state index is 13.4. The van der Waals surface area contributed by atoms with Gasteiger partial charge in [0, 0.05) is 24.6 Å². The minimum atomic E-state index is -3.43. The maximum Gasteiger partial charge on any atom is 0.282 e. The second kappa shape index (κ2) is 8.52. The summed E-state index contributed by atoms with van der Waals surface area (Å²) in [6, 6.07) is 2.76. The highest BCUT2D eigenvalue weighted by atomic mass is 32.2. The molecule has 0 amide bonds. The second-order valence-corrected chi connectivity index (χ2v) is 9.11. The molecule has 0 radical (unpaired) electrons. The number of hydrogen-bond donors (Lipinski definition) is 2. The molecule has 2 heterocycles. The van der Waals surface area contributed by atoms with Gasteiger partial charge in [-0.1, -0.05) is 19.3 Å². The van der Waals surface area contributed by atoms with E-state index >= 15 is 0 Å². The van der Waals surface area contributed by atoms with Gasteiger partial charge < -0.3 is 10.4 Å². The van der Waals surface area contributed by atoms with E-state index in [-0.39, 0.29) is 22.1 Å². The lowest BCUT2D eigenvalue weighted by atomic mass is 9.89. The Kier molecular flexibility index (Phi) is 6.29. The quantitative estimate of drug-likeness (QED) is 0.723. The maximum absolute atomic E-state index is 13.4. The Labute approximate surface area is 162 Å². The van der Waals surface area contributed by atoms with E-state index in [0.717, 1.165) is 38.1 Å². The zero-order chi connectivity index (χ0) is 20.3. The fourth-order valence-corrected chi connectivity index (χ4v) is 4.05. The first-order chi connectivity index (χ1) is 13.3. The largest absolute Gasteiger partial charge is 0.391 e. The van der Waals surface area contributed by atoms with Gasteiger partial charge in [-0.15, -0.1) is 0 Å². The average molecular weight is 414 g/mol. The van der Waals surface area contributed by atoms with Crippen LogP contribution >= 0.6 is 0 Å². The lowest BCUT2D eigenvalue weighted by Gasteiger charge is -2.22. The normalized spacial score (nSPS) is 15.9. The van der Waals surface area contributed by atoms with Crippen molar-refractivity contribution in [2.24, 2.45) is 5.92 Å². The minimum absolute atomic E-state index is 0.0246. The zero-order valence-electron chi connectivity index (χ0n) is 15.6. The number of pyridine rings is 1. The molecule has 0 bridgehead atoms. The topological polar surface area (TPSA) is 97.1 Å². The van der Waals surface area contributed by atoms with Gasteiger partial charge in [-0.05, 0) is 30.9 Å². The molecule has 3 rings (SSSR count). The van der Waals surface area contributed by atoms with Gasteiger partial charge in [0.25, 0.3) is 6.43 Å². The van der Waals surface area contributed by atoms with Crippen molar-refractivity contribution >= 4 is 15.7 Å². The van der Waals surface area contributed by atoms with Crippen LogP contribution < -0.4 is 5.32 Å². The van der Waals surface area contributed by atoms with E-state index < -0.39 is 28.6 Å². The first-order valence-electron chi connectivity index (χ1n) is 9.22. The predicted molar refractivity (Wildman–Crippen MR) is 100 cm³/mol. The number of alkyl halides is 2. The van der Waals surface area contributed by atoms with Gasteiger partial charge in [-0.25, -0.2) is 22.2 Å². The third-order valence-electron chi connectivity index (χ3n) is 5.03. The van der Waals surface area contributed by atoms with E-state index in [1.807, 2.05) is 0 Å². The average Bonchev–Trinajstić information content (AvgIpc) is 3.05. The molecule has 2 aromatic heterocycles. The number of rotatable bonds is 7. The number of aliphatic hydroxyl groups excluding tert-OH is 1. The molecule has 7 nitrogen and oxygen atoms in total. The van der Waals surface area contributed by atoms with Crippen LogP contribution in [0.5, 0.6) is 0 Å². The summed E-state index contributed by atoms with van der Waals surface area (Å²) in [6.07, 6.45) is 5.02. The molecule has 154 valence electrons. The highest BCUT2D eigenvalue weighted by molar-refractivity contribution is 7.90. The monoisotopic (exact) mass is 414 g/mol. The molecule has 0 aliphatic heterocycles. The van der Waals surface area contributed by atoms with E-state index in [4.69, 9.17) is 0 Å². The number of nitrogens with zero attached hydrogens (tertiary/aromatic N) is 3. The molecule has 28 heavy (non-hydrogen) atoms. The summed E-state index contributed by atoms with van der Waals surface area (Å²) in [5.74, 6) is 0.891. The Hall–Kier alpha value is -2.07. The molecule has 10 heteroatoms. The van der Waals surface area contributed by atoms with Crippen LogP contribution in [0.25, 0.3) is 5.82 Å². The van der Waals surface area contributed by atoms with Crippen molar-refractivity contribution in [2.45, 2.75) is 50.0 Å². The van der Waals surface area contributed by atoms with Crippen LogP contribution in [-0.2, 0) is 16.4 Å². The molecule has 1 aliphatic carbocycles. The standard InChI is InChI=1S/C18H24F2N4O3S/c1-28(26,27)13-7-8-15(21-10-13)24-18(14(11-25)16(23-24)17(19)20)22-9-12-5-3-2-4-6-12/h7-8,10,12,17,22,25H,2-6,9,11H2,1H3. The van der Waals surface area contributed by atoms with Crippen molar-refractivity contribution < 1.29 is 22.3 Å². The van der Waals surface area contributed by atoms with Crippen LogP contribution in [0.4, 0.5) is 14.6 Å². The fourth-order valence-electron chi connectivity index (χ4n) is 3.50. The Morgan fingerprint density at radius 1 is 1.29 bits per heavy atom. The van der Waals surface area contributed by atoms with Gasteiger partial charge >= 0.3 is 0 Å². The molecule has 1 fully saturated rings. The summed E-state index contributed by atoms with van der Waals surface area (Å²) in [5.41, 5.74) is -0.484. The van der Waals surface area contributed by atoms with E-state index in [2.05, 4.69) is 15.4 Å². The molecule has 1 saturated carbocycles. The number of hydrogen-bond acceptors (Lipinski definition) is 6. The van der Waals surface area contributed by atoms with E-state index in [0.29, 0.717) is 12.5 Å². The number of nitrogens with one attached hydrogen (secondary N) is 1. The van der Waals surface area contributed by atoms with Gasteiger partial charge in [0.2, 0.25) is 0 Å². The summed E-state index contributed by atoms with van der Waals surface area (Å²) in [7, 11) is -3.43. The molecule has 2 aromatic rings. The van der Waals surface area contributed by atoms with E-state index in [1.165, 1.54) is 23.2 Å². The van der Waals surface area contributed by atoms with Crippen molar-refractivity contribution in [2.75, 3.05) is 18.1 Å². The van der Waals surface area contributed by atoms with Crippen molar-refractivity contribution in [3.8, 4) is 5.82 Å². The Bertz CT molecular complexity index is 908. The van der Waals surface area contributed by atoms with Crippen LogP contribution in [0.2, 0.25) is 0 Å². The van der Waals surface area contributed by atoms with Crippen LogP contribution in [-0.4, -0.2) is 41.1 Å². The first kappa shape index (κ1) is 20.7. The molecule has 1 aliphatic rings. The van der Waals surface area contributed by atoms with Crippen LogP contribution in [0.1, 0.15) is 49.8 Å². The van der Waals surface area contributed by atoms with E-state index in [9.17, 15) is 22.3 Å². The van der Waals surface area contributed by atoms with Gasteiger partial charge in [0.15, 0.2) is 15.7 Å². The first-order valence-corrected chi connectivity index (χ1v) is 11.1. The molecule has 0 spiro atoms. The summed E-state index contributed by atoms with van der Waals surface area (Å²) in [6.45, 7) is -0.00308. The molecular formula is C18H24F2N4O3S. The molecule has 0 atom stereocenters. The van der Waals surface area contributed by atoms with Gasteiger partial charge in [-0.3, -0.25) is 0 Å². The Morgan fingerprint density at radius 3 is 2.54 bits per heavy atom. The van der Waals surface area contributed by atoms with Gasteiger partial charge in [0.05, 0.1) is 11.5 Å². The van der Waals surface area contributed by atoms with Crippen LogP contribution in [0.3, 0.4) is 0 Å². The molecule has 0 saturated heterocycles. The number of anilines is 1. The van der Waals surface area contributed by atoms with Gasteiger partial charge in [-0.2, -0.15) is 9.78 Å². The van der Waals surface area contributed by atoms with Crippen molar-refractivity contribution in [3.05, 3.63) is 29.6 Å². The van der Waals surface area contributed by atoms with Crippen LogP contribution in [0, 0.1) is 5.92 Å². The van der Waals surface area contributed by atoms with Crippen LogP contribution in [0.15, 0.2) is 23.2 Å². The van der Waals surface area contributed by atoms with Crippen molar-refractivity contribution in [3.63, 3.8) is 0 Å². The molecular weight excluding hydrogens is 390 g/mol. The number of sulfone groups is 1. The van der Waals surface area contributed by atoms with Crippen molar-refractivity contribution in [1.29, 1.82) is 0 Å². The second-order valence-electron chi connectivity index (χ2n) is 7.09. The summed E-state index contributed by atoms with van der Waals surface area (Å²) < 4.78 is 51.3.